The maximum absolute atomic E-state index is 11.5. The Bertz CT molecular complexity index is 813. The highest BCUT2D eigenvalue weighted by Crippen LogP contribution is 2.29. The molecule has 2 aromatic rings. The van der Waals surface area contributed by atoms with Crippen LogP contribution in [0.15, 0.2) is 47.6 Å². The van der Waals surface area contributed by atoms with E-state index in [0.29, 0.717) is 11.3 Å². The number of nitro benzene ring substituents is 1. The molecule has 7 heteroatoms. The Morgan fingerprint density at radius 3 is 2.58 bits per heavy atom. The molecule has 26 heavy (non-hydrogen) atoms. The number of anilines is 2. The summed E-state index contributed by atoms with van der Waals surface area (Å²) in [5.74, 6) is 0. The molecule has 1 heterocycles. The first kappa shape index (κ1) is 17.9. The molecule has 0 saturated carbocycles. The van der Waals surface area contributed by atoms with Crippen molar-refractivity contribution in [1.29, 1.82) is 0 Å². The van der Waals surface area contributed by atoms with Crippen molar-refractivity contribution in [3.05, 3.63) is 63.7 Å². The summed E-state index contributed by atoms with van der Waals surface area (Å²) in [6.45, 7) is 5.38. The van der Waals surface area contributed by atoms with Gasteiger partial charge in [-0.1, -0.05) is 24.3 Å². The van der Waals surface area contributed by atoms with Crippen molar-refractivity contribution < 1.29 is 4.92 Å². The van der Waals surface area contributed by atoms with E-state index in [2.05, 4.69) is 27.4 Å². The van der Waals surface area contributed by atoms with Gasteiger partial charge < -0.3 is 9.80 Å². The van der Waals surface area contributed by atoms with Crippen LogP contribution in [0.3, 0.4) is 0 Å². The van der Waals surface area contributed by atoms with Crippen LogP contribution in [0.25, 0.3) is 0 Å². The zero-order valence-corrected chi connectivity index (χ0v) is 15.1. The molecule has 1 fully saturated rings. The van der Waals surface area contributed by atoms with Crippen LogP contribution in [-0.2, 0) is 0 Å². The van der Waals surface area contributed by atoms with Crippen molar-refractivity contribution in [3.63, 3.8) is 0 Å². The molecular weight excluding hydrogens is 330 g/mol. The van der Waals surface area contributed by atoms with Gasteiger partial charge in [-0.3, -0.25) is 15.5 Å². The summed E-state index contributed by atoms with van der Waals surface area (Å²) in [4.78, 5) is 15.5. The number of aryl methyl sites for hydroxylation is 1. The van der Waals surface area contributed by atoms with E-state index in [9.17, 15) is 10.1 Å². The average molecular weight is 353 g/mol. The smallest absolute Gasteiger partial charge is 0.293 e. The molecular formula is C19H23N5O2. The molecule has 136 valence electrons. The van der Waals surface area contributed by atoms with Gasteiger partial charge in [-0.05, 0) is 31.7 Å². The summed E-state index contributed by atoms with van der Waals surface area (Å²) in [5, 5.41) is 15.7. The Hall–Kier alpha value is -2.93. The molecule has 0 unspecified atom stereocenters. The van der Waals surface area contributed by atoms with Gasteiger partial charge in [0, 0.05) is 37.8 Å². The van der Waals surface area contributed by atoms with Crippen LogP contribution in [0, 0.1) is 17.0 Å². The molecule has 2 aromatic carbocycles. The van der Waals surface area contributed by atoms with Crippen LogP contribution in [0.5, 0.6) is 0 Å². The first-order valence-corrected chi connectivity index (χ1v) is 8.61. The monoisotopic (exact) mass is 353 g/mol. The van der Waals surface area contributed by atoms with Crippen LogP contribution >= 0.6 is 0 Å². The molecule has 0 amide bonds. The van der Waals surface area contributed by atoms with Gasteiger partial charge in [0.05, 0.1) is 16.8 Å². The number of likely N-dealkylation sites (N-methyl/N-ethyl adjacent to an activating group) is 1. The zero-order chi connectivity index (χ0) is 18.5. The standard InChI is InChI=1S/C19H23N5O2/c1-15-5-3-4-6-17(15)21-20-14-16-7-8-18(19(13-16)24(25)26)23-11-9-22(2)10-12-23/h3-8,13-14,21H,9-12H2,1-2H3/b20-14+. The number of nitro groups is 1. The van der Waals surface area contributed by atoms with Crippen molar-refractivity contribution in [1.82, 2.24) is 4.90 Å². The molecule has 0 aliphatic carbocycles. The number of benzene rings is 2. The first-order valence-electron chi connectivity index (χ1n) is 8.61. The molecule has 1 saturated heterocycles. The maximum atomic E-state index is 11.5. The molecule has 0 atom stereocenters. The molecule has 0 bridgehead atoms. The number of hydrogen-bond acceptors (Lipinski definition) is 6. The lowest BCUT2D eigenvalue weighted by atomic mass is 10.1. The molecule has 1 N–H and O–H groups in total. The van der Waals surface area contributed by atoms with E-state index in [-0.39, 0.29) is 10.6 Å². The van der Waals surface area contributed by atoms with Gasteiger partial charge in [-0.25, -0.2) is 0 Å². The summed E-state index contributed by atoms with van der Waals surface area (Å²) < 4.78 is 0. The predicted molar refractivity (Wildman–Crippen MR) is 105 cm³/mol. The van der Waals surface area contributed by atoms with Crippen LogP contribution in [0.2, 0.25) is 0 Å². The van der Waals surface area contributed by atoms with Gasteiger partial charge in [-0.15, -0.1) is 0 Å². The fraction of sp³-hybridized carbons (Fsp3) is 0.316. The Kier molecular flexibility index (Phi) is 5.48. The number of nitrogens with zero attached hydrogens (tertiary/aromatic N) is 4. The minimum absolute atomic E-state index is 0.120. The lowest BCUT2D eigenvalue weighted by molar-refractivity contribution is -0.384. The molecule has 0 aromatic heterocycles. The average Bonchev–Trinajstić information content (AvgIpc) is 2.64. The molecule has 1 aliphatic heterocycles. The topological polar surface area (TPSA) is 74.0 Å². The van der Waals surface area contributed by atoms with E-state index in [1.54, 1.807) is 12.3 Å². The van der Waals surface area contributed by atoms with Crippen molar-refractivity contribution >= 4 is 23.3 Å². The zero-order valence-electron chi connectivity index (χ0n) is 15.1. The third-order valence-corrected chi connectivity index (χ3v) is 4.58. The molecule has 7 nitrogen and oxygen atoms in total. The van der Waals surface area contributed by atoms with E-state index in [0.717, 1.165) is 37.4 Å². The number of nitrogens with one attached hydrogen (secondary N) is 1. The highest BCUT2D eigenvalue weighted by molar-refractivity contribution is 5.83. The van der Waals surface area contributed by atoms with Crippen LogP contribution in [0.4, 0.5) is 17.1 Å². The second kappa shape index (κ2) is 7.97. The molecule has 0 radical (unpaired) electrons. The minimum atomic E-state index is -0.320. The fourth-order valence-corrected chi connectivity index (χ4v) is 2.96. The Labute approximate surface area is 153 Å². The SMILES string of the molecule is Cc1ccccc1N/N=C/c1ccc(N2CCN(C)CC2)c([N+](=O)[O-])c1. The van der Waals surface area contributed by atoms with Crippen LogP contribution < -0.4 is 10.3 Å². The Balaban J connectivity index is 1.77. The van der Waals surface area contributed by atoms with Gasteiger partial charge in [0.2, 0.25) is 0 Å². The van der Waals surface area contributed by atoms with Crippen molar-refractivity contribution in [2.24, 2.45) is 5.10 Å². The highest BCUT2D eigenvalue weighted by Gasteiger charge is 2.22. The van der Waals surface area contributed by atoms with E-state index in [1.165, 1.54) is 0 Å². The van der Waals surface area contributed by atoms with Gasteiger partial charge >= 0.3 is 0 Å². The number of hydrogen-bond donors (Lipinski definition) is 1. The lowest BCUT2D eigenvalue weighted by Gasteiger charge is -2.33. The Morgan fingerprint density at radius 2 is 1.88 bits per heavy atom. The van der Waals surface area contributed by atoms with Crippen molar-refractivity contribution in [3.8, 4) is 0 Å². The largest absolute Gasteiger partial charge is 0.363 e. The Morgan fingerprint density at radius 1 is 1.15 bits per heavy atom. The van der Waals surface area contributed by atoms with Gasteiger partial charge in [0.15, 0.2) is 0 Å². The summed E-state index contributed by atoms with van der Waals surface area (Å²) >= 11 is 0. The molecule has 0 spiro atoms. The summed E-state index contributed by atoms with van der Waals surface area (Å²) in [7, 11) is 2.06. The van der Waals surface area contributed by atoms with E-state index in [1.807, 2.05) is 43.3 Å². The van der Waals surface area contributed by atoms with E-state index >= 15 is 0 Å². The van der Waals surface area contributed by atoms with Gasteiger partial charge in [0.1, 0.15) is 5.69 Å². The number of para-hydroxylation sites is 1. The van der Waals surface area contributed by atoms with Gasteiger partial charge in [-0.2, -0.15) is 5.10 Å². The van der Waals surface area contributed by atoms with E-state index < -0.39 is 0 Å². The predicted octanol–water partition coefficient (Wildman–Crippen LogP) is 3.10. The number of rotatable bonds is 5. The molecule has 3 rings (SSSR count). The van der Waals surface area contributed by atoms with Crippen molar-refractivity contribution in [2.45, 2.75) is 6.92 Å². The van der Waals surface area contributed by atoms with Crippen LogP contribution in [-0.4, -0.2) is 49.3 Å². The third-order valence-electron chi connectivity index (χ3n) is 4.58. The summed E-state index contributed by atoms with van der Waals surface area (Å²) in [6, 6.07) is 13.1. The van der Waals surface area contributed by atoms with E-state index in [4.69, 9.17) is 0 Å². The van der Waals surface area contributed by atoms with Crippen molar-refractivity contribution in [2.75, 3.05) is 43.6 Å². The molecule has 1 aliphatic rings. The van der Waals surface area contributed by atoms with Crippen LogP contribution in [0.1, 0.15) is 11.1 Å². The number of piperazine rings is 1. The minimum Gasteiger partial charge on any atom is -0.363 e. The number of hydrazone groups is 1. The second-order valence-corrected chi connectivity index (χ2v) is 6.48. The highest BCUT2D eigenvalue weighted by atomic mass is 16.6. The second-order valence-electron chi connectivity index (χ2n) is 6.48. The fourth-order valence-electron chi connectivity index (χ4n) is 2.96. The lowest BCUT2D eigenvalue weighted by Crippen LogP contribution is -2.44. The quantitative estimate of drug-likeness (QED) is 0.508. The third kappa shape index (κ3) is 4.18. The first-order chi connectivity index (χ1) is 12.5. The van der Waals surface area contributed by atoms with Gasteiger partial charge in [0.25, 0.3) is 5.69 Å². The summed E-state index contributed by atoms with van der Waals surface area (Å²) in [5.41, 5.74) is 6.45. The maximum Gasteiger partial charge on any atom is 0.293 e. The summed E-state index contributed by atoms with van der Waals surface area (Å²) in [6.07, 6.45) is 1.60. The normalized spacial score (nSPS) is 15.4.